The Labute approximate surface area is 274 Å². The first kappa shape index (κ1) is 34.0. The molecule has 1 aromatic heterocycles. The molecule has 2 aliphatic carbocycles. The molecule has 3 aromatic rings. The molecule has 0 unspecified atom stereocenters. The van der Waals surface area contributed by atoms with E-state index < -0.39 is 36.9 Å². The smallest absolute Gasteiger partial charge is 0.251 e. The summed E-state index contributed by atoms with van der Waals surface area (Å²) in [5, 5.41) is 51.2. The maximum Gasteiger partial charge on any atom is 0.251 e. The molecule has 2 aromatic carbocycles. The number of hydrogen-bond donors (Lipinski definition) is 6. The lowest BCUT2D eigenvalue weighted by molar-refractivity contribution is -0.148. The highest BCUT2D eigenvalue weighted by molar-refractivity contribution is 6.31. The maximum atomic E-state index is 12.2. The van der Waals surface area contributed by atoms with Crippen LogP contribution in [-0.4, -0.2) is 80.1 Å². The van der Waals surface area contributed by atoms with Crippen LogP contribution in [0.15, 0.2) is 67.5 Å². The van der Waals surface area contributed by atoms with E-state index in [-0.39, 0.29) is 12.0 Å². The number of allylic oxidation sites excluding steroid dienone is 1. The number of carbonyl (C=O) groups is 1. The largest absolute Gasteiger partial charge is 0.490 e. The molecule has 2 aliphatic rings. The molecular formula is C36H43ClN2O7. The third-order valence-corrected chi connectivity index (χ3v) is 9.41. The normalized spacial score (nSPS) is 17.9. The summed E-state index contributed by atoms with van der Waals surface area (Å²) in [5.74, 6) is 0.0355. The van der Waals surface area contributed by atoms with Gasteiger partial charge >= 0.3 is 0 Å². The van der Waals surface area contributed by atoms with E-state index in [1.54, 1.807) is 0 Å². The van der Waals surface area contributed by atoms with Crippen molar-refractivity contribution in [3.63, 3.8) is 0 Å². The molecule has 2 fully saturated rings. The van der Waals surface area contributed by atoms with Gasteiger partial charge in [0.15, 0.2) is 6.10 Å². The van der Waals surface area contributed by atoms with Crippen molar-refractivity contribution in [1.82, 2.24) is 10.3 Å². The summed E-state index contributed by atoms with van der Waals surface area (Å²) < 4.78 is 6.25. The van der Waals surface area contributed by atoms with Gasteiger partial charge in [-0.05, 0) is 103 Å². The monoisotopic (exact) mass is 650 g/mol. The third-order valence-electron chi connectivity index (χ3n) is 9.05. The number of carbonyl (C=O) groups excluding carboxylic acids is 1. The molecule has 46 heavy (non-hydrogen) atoms. The fraction of sp³-hybridized carbons (Fsp3) is 0.444. The van der Waals surface area contributed by atoms with Crippen LogP contribution in [0.25, 0.3) is 16.7 Å². The second kappa shape index (κ2) is 15.1. The van der Waals surface area contributed by atoms with Gasteiger partial charge in [0, 0.05) is 29.5 Å². The Kier molecular flexibility index (Phi) is 11.1. The molecule has 9 nitrogen and oxygen atoms in total. The summed E-state index contributed by atoms with van der Waals surface area (Å²) in [5.41, 5.74) is 6.42. The van der Waals surface area contributed by atoms with Crippen LogP contribution in [0.5, 0.6) is 5.75 Å². The first-order valence-electron chi connectivity index (χ1n) is 15.9. The van der Waals surface area contributed by atoms with E-state index in [2.05, 4.69) is 47.2 Å². The van der Waals surface area contributed by atoms with Gasteiger partial charge in [0.05, 0.1) is 12.7 Å². The molecule has 4 atom stereocenters. The van der Waals surface area contributed by atoms with Gasteiger partial charge in [-0.3, -0.25) is 9.78 Å². The Morgan fingerprint density at radius 3 is 2.54 bits per heavy atom. The number of ether oxygens (including phenoxy) is 1. The lowest BCUT2D eigenvalue weighted by Gasteiger charge is -2.24. The van der Waals surface area contributed by atoms with Gasteiger partial charge in [-0.25, -0.2) is 0 Å². The summed E-state index contributed by atoms with van der Waals surface area (Å²) in [6, 6.07) is 16.3. The molecule has 0 aliphatic heterocycles. The lowest BCUT2D eigenvalue weighted by atomic mass is 9.85. The Hall–Kier alpha value is -3.31. The van der Waals surface area contributed by atoms with E-state index in [0.717, 1.165) is 66.5 Å². The SMILES string of the molecule is C=C(CCCNC(=O)[C@@H](O)[C@@H](O)[C@H](O)[C@@H](O)CO)c1ccc(Cl)c(CCC2(c3cnccc3-c3ccccc3OC3CC3)CC2)c1. The molecule has 0 radical (unpaired) electrons. The van der Waals surface area contributed by atoms with Gasteiger partial charge in [0.2, 0.25) is 0 Å². The van der Waals surface area contributed by atoms with Crippen molar-refractivity contribution in [2.75, 3.05) is 13.2 Å². The number of benzene rings is 2. The number of aliphatic hydroxyl groups excluding tert-OH is 5. The second-order valence-electron chi connectivity index (χ2n) is 12.5. The number of aliphatic hydroxyl groups is 5. The molecule has 6 N–H and O–H groups in total. The van der Waals surface area contributed by atoms with Gasteiger partial charge < -0.3 is 35.6 Å². The van der Waals surface area contributed by atoms with Gasteiger partial charge in [-0.1, -0.05) is 48.5 Å². The number of hydrogen-bond acceptors (Lipinski definition) is 8. The Morgan fingerprint density at radius 2 is 1.83 bits per heavy atom. The maximum absolute atomic E-state index is 12.2. The van der Waals surface area contributed by atoms with Crippen molar-refractivity contribution >= 4 is 23.1 Å². The molecule has 0 saturated heterocycles. The molecule has 1 heterocycles. The fourth-order valence-corrected chi connectivity index (χ4v) is 6.03. The van der Waals surface area contributed by atoms with Gasteiger partial charge in [-0.2, -0.15) is 0 Å². The van der Waals surface area contributed by atoms with Gasteiger partial charge in [0.1, 0.15) is 24.1 Å². The molecule has 2 saturated carbocycles. The topological polar surface area (TPSA) is 152 Å². The minimum absolute atomic E-state index is 0.0230. The first-order valence-corrected chi connectivity index (χ1v) is 16.3. The molecule has 0 spiro atoms. The number of pyridine rings is 1. The molecule has 10 heteroatoms. The third kappa shape index (κ3) is 8.15. The Bertz CT molecular complexity index is 1520. The number of aromatic nitrogens is 1. The number of halogens is 1. The van der Waals surface area contributed by atoms with Gasteiger partial charge in [-0.15, -0.1) is 0 Å². The lowest BCUT2D eigenvalue weighted by Crippen LogP contribution is -2.51. The van der Waals surface area contributed by atoms with Crippen LogP contribution in [0, 0.1) is 0 Å². The average Bonchev–Trinajstić information content (AvgIpc) is 4.02. The summed E-state index contributed by atoms with van der Waals surface area (Å²) in [6.07, 6.45) is 3.90. The van der Waals surface area contributed by atoms with Crippen LogP contribution in [0.4, 0.5) is 0 Å². The number of rotatable bonds is 17. The van der Waals surface area contributed by atoms with Crippen LogP contribution in [-0.2, 0) is 16.6 Å². The summed E-state index contributed by atoms with van der Waals surface area (Å²) in [4.78, 5) is 16.7. The zero-order chi connectivity index (χ0) is 32.8. The van der Waals surface area contributed by atoms with E-state index in [0.29, 0.717) is 24.0 Å². The van der Waals surface area contributed by atoms with Crippen molar-refractivity contribution in [1.29, 1.82) is 0 Å². The van der Waals surface area contributed by atoms with Gasteiger partial charge in [0.25, 0.3) is 5.91 Å². The number of para-hydroxylation sites is 1. The molecule has 1 amide bonds. The van der Waals surface area contributed by atoms with Crippen LogP contribution in [0.1, 0.15) is 61.6 Å². The van der Waals surface area contributed by atoms with Crippen molar-refractivity contribution in [3.05, 3.63) is 89.2 Å². The highest BCUT2D eigenvalue weighted by atomic mass is 35.5. The predicted octanol–water partition coefficient (Wildman–Crippen LogP) is 3.95. The molecule has 0 bridgehead atoms. The highest BCUT2D eigenvalue weighted by Gasteiger charge is 2.45. The number of aryl methyl sites for hydroxylation is 1. The highest BCUT2D eigenvalue weighted by Crippen LogP contribution is 2.55. The van der Waals surface area contributed by atoms with E-state index in [9.17, 15) is 25.2 Å². The first-order chi connectivity index (χ1) is 22.1. The molecule has 246 valence electrons. The number of nitrogens with zero attached hydrogens (tertiary/aromatic N) is 1. The van der Waals surface area contributed by atoms with E-state index >= 15 is 0 Å². The standard InChI is InChI=1S/C36H43ClN2O7/c1-22(5-4-17-39-35(45)34(44)33(43)32(42)30(41)21-40)23-8-11-29(37)24(19-23)12-14-36(15-16-36)28-20-38-18-13-26(28)27-6-2-3-7-31(27)46-25-9-10-25/h2-3,6-8,11,13,18-20,25,30,32-34,40-44H,1,4-5,9-10,12,14-17,21H2,(H,39,45)/t30-,32+,33-,34-/m0/s1. The zero-order valence-electron chi connectivity index (χ0n) is 25.8. The quantitative estimate of drug-likeness (QED) is 0.120. The van der Waals surface area contributed by atoms with Crippen LogP contribution in [0.2, 0.25) is 5.02 Å². The minimum Gasteiger partial charge on any atom is -0.490 e. The van der Waals surface area contributed by atoms with Crippen molar-refractivity contribution in [2.24, 2.45) is 0 Å². The van der Waals surface area contributed by atoms with Crippen LogP contribution in [0.3, 0.4) is 0 Å². The fourth-order valence-electron chi connectivity index (χ4n) is 5.81. The summed E-state index contributed by atoms with van der Waals surface area (Å²) in [6.45, 7) is 3.60. The predicted molar refractivity (Wildman–Crippen MR) is 176 cm³/mol. The average molecular weight is 651 g/mol. The van der Waals surface area contributed by atoms with E-state index in [4.69, 9.17) is 21.4 Å². The van der Waals surface area contributed by atoms with Crippen molar-refractivity contribution < 1.29 is 35.1 Å². The minimum atomic E-state index is -1.96. The van der Waals surface area contributed by atoms with Crippen molar-refractivity contribution in [2.45, 2.75) is 87.3 Å². The number of nitrogens with one attached hydrogen (secondary N) is 1. The van der Waals surface area contributed by atoms with E-state index in [1.165, 1.54) is 11.1 Å². The van der Waals surface area contributed by atoms with E-state index in [1.807, 2.05) is 30.6 Å². The number of amides is 1. The van der Waals surface area contributed by atoms with Crippen molar-refractivity contribution in [3.8, 4) is 16.9 Å². The molecular weight excluding hydrogens is 608 g/mol. The Balaban J connectivity index is 1.18. The second-order valence-corrected chi connectivity index (χ2v) is 12.9. The van der Waals surface area contributed by atoms with Crippen LogP contribution >= 0.6 is 11.6 Å². The molecule has 5 rings (SSSR count). The van der Waals surface area contributed by atoms with Crippen LogP contribution < -0.4 is 10.1 Å². The summed E-state index contributed by atoms with van der Waals surface area (Å²) >= 11 is 6.67. The zero-order valence-corrected chi connectivity index (χ0v) is 26.6. The Morgan fingerprint density at radius 1 is 1.07 bits per heavy atom. The summed E-state index contributed by atoms with van der Waals surface area (Å²) in [7, 11) is 0.